The summed E-state index contributed by atoms with van der Waals surface area (Å²) in [5.41, 5.74) is 0. The maximum atomic E-state index is 9.85. The lowest BCUT2D eigenvalue weighted by Crippen LogP contribution is -1.84. The molecule has 1 aromatic heterocycles. The topological polar surface area (TPSA) is 51.5 Å². The summed E-state index contributed by atoms with van der Waals surface area (Å²) in [4.78, 5) is 16.9. The summed E-state index contributed by atoms with van der Waals surface area (Å²) in [6.45, 7) is 0. The number of methoxy groups -OCH3 is 1. The van der Waals surface area contributed by atoms with Crippen molar-refractivity contribution in [3.05, 3.63) is 17.3 Å². The second kappa shape index (κ2) is 3.85. The number of halogens is 1. The van der Waals surface area contributed by atoms with Crippen LogP contribution in [0.3, 0.4) is 0 Å². The molecule has 12 heavy (non-hydrogen) atoms. The predicted molar refractivity (Wildman–Crippen MR) is 43.6 cm³/mol. The van der Waals surface area contributed by atoms with Crippen LogP contribution in [0.2, 0.25) is 5.02 Å². The third-order valence-electron chi connectivity index (χ3n) is 1.19. The van der Waals surface area contributed by atoms with Gasteiger partial charge in [0.2, 0.25) is 6.08 Å². The smallest absolute Gasteiger partial charge is 0.242 e. The molecular weight excluding hydrogens is 180 g/mol. The third-order valence-corrected chi connectivity index (χ3v) is 1.47. The lowest BCUT2D eigenvalue weighted by Gasteiger charge is -2.00. The van der Waals surface area contributed by atoms with Crippen LogP contribution in [-0.4, -0.2) is 18.2 Å². The molecule has 0 saturated heterocycles. The van der Waals surface area contributed by atoms with Gasteiger partial charge in [0, 0.05) is 6.07 Å². The number of carbonyl (C=O) groups excluding carboxylic acids is 1. The first-order chi connectivity index (χ1) is 5.77. The molecule has 0 bridgehead atoms. The van der Waals surface area contributed by atoms with Gasteiger partial charge in [0.15, 0.2) is 5.82 Å². The van der Waals surface area contributed by atoms with Gasteiger partial charge >= 0.3 is 0 Å². The Morgan fingerprint density at radius 2 is 2.50 bits per heavy atom. The van der Waals surface area contributed by atoms with Gasteiger partial charge in [-0.1, -0.05) is 11.6 Å². The molecule has 0 radical (unpaired) electrons. The largest absolute Gasteiger partial charge is 0.495 e. The maximum Gasteiger partial charge on any atom is 0.242 e. The molecule has 1 aromatic rings. The van der Waals surface area contributed by atoms with Crippen LogP contribution in [-0.2, 0) is 4.79 Å². The van der Waals surface area contributed by atoms with Gasteiger partial charge < -0.3 is 4.74 Å². The van der Waals surface area contributed by atoms with E-state index in [-0.39, 0.29) is 5.82 Å². The lowest BCUT2D eigenvalue weighted by atomic mass is 10.4. The van der Waals surface area contributed by atoms with Crippen LogP contribution in [0.4, 0.5) is 5.82 Å². The van der Waals surface area contributed by atoms with E-state index in [0.29, 0.717) is 10.8 Å². The second-order valence-electron chi connectivity index (χ2n) is 1.88. The van der Waals surface area contributed by atoms with Crippen LogP contribution in [0.25, 0.3) is 0 Å². The van der Waals surface area contributed by atoms with Crippen molar-refractivity contribution in [2.75, 3.05) is 7.11 Å². The number of hydrogen-bond acceptors (Lipinski definition) is 4. The molecule has 0 N–H and O–H groups in total. The summed E-state index contributed by atoms with van der Waals surface area (Å²) in [5.74, 6) is 0.659. The molecule has 0 aliphatic rings. The van der Waals surface area contributed by atoms with E-state index in [1.165, 1.54) is 25.5 Å². The first-order valence-electron chi connectivity index (χ1n) is 3.05. The van der Waals surface area contributed by atoms with E-state index in [1.807, 2.05) is 0 Å². The number of rotatable bonds is 2. The van der Waals surface area contributed by atoms with Gasteiger partial charge in [0.1, 0.15) is 10.8 Å². The van der Waals surface area contributed by atoms with Gasteiger partial charge in [-0.05, 0) is 0 Å². The van der Waals surface area contributed by atoms with Gasteiger partial charge in [-0.2, -0.15) is 0 Å². The number of ether oxygens (including phenoxy) is 1. The van der Waals surface area contributed by atoms with E-state index in [1.54, 1.807) is 0 Å². The normalized spacial score (nSPS) is 8.83. The second-order valence-corrected chi connectivity index (χ2v) is 2.29. The molecule has 0 fully saturated rings. The van der Waals surface area contributed by atoms with Crippen LogP contribution >= 0.6 is 11.6 Å². The molecule has 1 rings (SSSR count). The van der Waals surface area contributed by atoms with Crippen molar-refractivity contribution in [2.45, 2.75) is 0 Å². The average Bonchev–Trinajstić information content (AvgIpc) is 2.09. The monoisotopic (exact) mass is 184 g/mol. The first kappa shape index (κ1) is 8.71. The Balaban J connectivity index is 3.13. The highest BCUT2D eigenvalue weighted by Crippen LogP contribution is 2.25. The van der Waals surface area contributed by atoms with Crippen LogP contribution in [0, 0.1) is 0 Å². The summed E-state index contributed by atoms with van der Waals surface area (Å²) >= 11 is 5.67. The molecule has 0 amide bonds. The Labute approximate surface area is 73.9 Å². The van der Waals surface area contributed by atoms with Crippen molar-refractivity contribution in [2.24, 2.45) is 4.99 Å². The summed E-state index contributed by atoms with van der Waals surface area (Å²) in [7, 11) is 1.47. The highest BCUT2D eigenvalue weighted by Gasteiger charge is 2.01. The van der Waals surface area contributed by atoms with Gasteiger partial charge in [-0.25, -0.2) is 9.78 Å². The molecule has 62 valence electrons. The minimum Gasteiger partial charge on any atom is -0.495 e. The zero-order valence-electron chi connectivity index (χ0n) is 6.24. The summed E-state index contributed by atoms with van der Waals surface area (Å²) in [6, 6.07) is 1.45. The molecule has 4 nitrogen and oxygen atoms in total. The predicted octanol–water partition coefficient (Wildman–Crippen LogP) is 1.71. The number of pyridine rings is 1. The number of aliphatic imine (C=N–C) groups is 1. The van der Waals surface area contributed by atoms with E-state index >= 15 is 0 Å². The molecule has 0 aliphatic carbocycles. The zero-order valence-corrected chi connectivity index (χ0v) is 7.00. The molecule has 0 spiro atoms. The number of aromatic nitrogens is 1. The van der Waals surface area contributed by atoms with Gasteiger partial charge in [-0.3, -0.25) is 0 Å². The molecule has 0 aromatic carbocycles. The van der Waals surface area contributed by atoms with Crippen LogP contribution in [0.5, 0.6) is 5.75 Å². The fraction of sp³-hybridized carbons (Fsp3) is 0.143. The zero-order chi connectivity index (χ0) is 8.97. The standard InChI is InChI=1S/C7H5ClN2O2/c1-12-6-2-7(10-4-11)9-3-5(6)8/h2-3H,1H3. The lowest BCUT2D eigenvalue weighted by molar-refractivity contribution is 0.414. The van der Waals surface area contributed by atoms with Crippen molar-refractivity contribution in [3.63, 3.8) is 0 Å². The number of hydrogen-bond donors (Lipinski definition) is 0. The van der Waals surface area contributed by atoms with Crippen molar-refractivity contribution in [1.82, 2.24) is 4.98 Å². The van der Waals surface area contributed by atoms with Crippen molar-refractivity contribution in [1.29, 1.82) is 0 Å². The number of isocyanates is 1. The van der Waals surface area contributed by atoms with Crippen molar-refractivity contribution < 1.29 is 9.53 Å². The van der Waals surface area contributed by atoms with Gasteiger partial charge in [0.25, 0.3) is 0 Å². The highest BCUT2D eigenvalue weighted by molar-refractivity contribution is 6.31. The number of nitrogens with zero attached hydrogens (tertiary/aromatic N) is 2. The Morgan fingerprint density at radius 1 is 1.75 bits per heavy atom. The molecule has 0 atom stereocenters. The van der Waals surface area contributed by atoms with E-state index in [9.17, 15) is 4.79 Å². The van der Waals surface area contributed by atoms with Crippen LogP contribution in [0.1, 0.15) is 0 Å². The Morgan fingerprint density at radius 3 is 3.08 bits per heavy atom. The molecule has 0 unspecified atom stereocenters. The molecule has 0 saturated carbocycles. The van der Waals surface area contributed by atoms with E-state index in [0.717, 1.165) is 0 Å². The summed E-state index contributed by atoms with van der Waals surface area (Å²) in [6.07, 6.45) is 2.73. The Bertz CT molecular complexity index is 334. The molecule has 1 heterocycles. The van der Waals surface area contributed by atoms with Gasteiger partial charge in [-0.15, -0.1) is 4.99 Å². The molecular formula is C7H5ClN2O2. The Kier molecular flexibility index (Phi) is 2.80. The van der Waals surface area contributed by atoms with Crippen molar-refractivity contribution >= 4 is 23.5 Å². The minimum absolute atomic E-state index is 0.228. The van der Waals surface area contributed by atoms with Crippen LogP contribution in [0.15, 0.2) is 17.3 Å². The fourth-order valence-corrected chi connectivity index (χ4v) is 0.855. The van der Waals surface area contributed by atoms with E-state index in [4.69, 9.17) is 16.3 Å². The quantitative estimate of drug-likeness (QED) is 0.519. The highest BCUT2D eigenvalue weighted by atomic mass is 35.5. The summed E-state index contributed by atoms with van der Waals surface area (Å²) < 4.78 is 4.87. The van der Waals surface area contributed by atoms with E-state index in [2.05, 4.69) is 9.98 Å². The average molecular weight is 185 g/mol. The SMILES string of the molecule is COc1cc(N=C=O)ncc1Cl. The fourth-order valence-electron chi connectivity index (χ4n) is 0.674. The molecule has 5 heteroatoms. The van der Waals surface area contributed by atoms with Crippen LogP contribution < -0.4 is 4.74 Å². The molecule has 0 aliphatic heterocycles. The first-order valence-corrected chi connectivity index (χ1v) is 3.43. The van der Waals surface area contributed by atoms with Crippen molar-refractivity contribution in [3.8, 4) is 5.75 Å². The van der Waals surface area contributed by atoms with Gasteiger partial charge in [0.05, 0.1) is 13.3 Å². The third kappa shape index (κ3) is 1.81. The van der Waals surface area contributed by atoms with E-state index < -0.39 is 0 Å². The minimum atomic E-state index is 0.228. The Hall–Kier alpha value is -1.38. The summed E-state index contributed by atoms with van der Waals surface area (Å²) in [5, 5.41) is 0.377. The maximum absolute atomic E-state index is 9.85.